The van der Waals surface area contributed by atoms with Gasteiger partial charge in [0, 0.05) is 18.7 Å². The van der Waals surface area contributed by atoms with Crippen LogP contribution in [-0.2, 0) is 22.6 Å². The van der Waals surface area contributed by atoms with Crippen LogP contribution in [0.2, 0.25) is 0 Å². The number of nitrogens with one attached hydrogen (secondary N) is 1. The molecule has 0 radical (unpaired) electrons. The number of methoxy groups -OCH3 is 2. The molecule has 4 rings (SSSR count). The van der Waals surface area contributed by atoms with Crippen molar-refractivity contribution in [2.24, 2.45) is 0 Å². The van der Waals surface area contributed by atoms with Crippen molar-refractivity contribution in [2.75, 3.05) is 40.5 Å². The van der Waals surface area contributed by atoms with E-state index in [0.717, 1.165) is 11.0 Å². The lowest BCUT2D eigenvalue weighted by molar-refractivity contribution is -0.135. The lowest BCUT2D eigenvalue weighted by atomic mass is 10.2. The second kappa shape index (κ2) is 9.69. The molecule has 1 aliphatic rings. The van der Waals surface area contributed by atoms with E-state index >= 15 is 0 Å². The van der Waals surface area contributed by atoms with E-state index in [1.807, 2.05) is 28.8 Å². The number of ether oxygens (including phenoxy) is 3. The Labute approximate surface area is 185 Å². The summed E-state index contributed by atoms with van der Waals surface area (Å²) in [6.07, 6.45) is 0. The van der Waals surface area contributed by atoms with E-state index in [0.29, 0.717) is 49.2 Å². The summed E-state index contributed by atoms with van der Waals surface area (Å²) in [5.41, 5.74) is 2.07. The fourth-order valence-corrected chi connectivity index (χ4v) is 3.72. The predicted molar refractivity (Wildman–Crippen MR) is 118 cm³/mol. The molecule has 1 fully saturated rings. The lowest BCUT2D eigenvalue weighted by Crippen LogP contribution is -2.42. The van der Waals surface area contributed by atoms with Crippen molar-refractivity contribution in [3.05, 3.63) is 53.9 Å². The molecule has 0 unspecified atom stereocenters. The highest BCUT2D eigenvalue weighted by atomic mass is 16.5. The molecular weight excluding hydrogens is 412 g/mol. The Morgan fingerprint density at radius 3 is 2.56 bits per heavy atom. The Balaban J connectivity index is 1.53. The van der Waals surface area contributed by atoms with Gasteiger partial charge in [-0.15, -0.1) is 0 Å². The number of nitrogens with zero attached hydrogens (tertiary/aromatic N) is 3. The summed E-state index contributed by atoms with van der Waals surface area (Å²) in [4.78, 5) is 32.1. The van der Waals surface area contributed by atoms with Crippen molar-refractivity contribution < 1.29 is 23.8 Å². The van der Waals surface area contributed by atoms with Crippen LogP contribution in [0.1, 0.15) is 16.2 Å². The molecule has 2 heterocycles. The van der Waals surface area contributed by atoms with Crippen LogP contribution in [0, 0.1) is 0 Å². The van der Waals surface area contributed by atoms with Crippen LogP contribution >= 0.6 is 0 Å². The van der Waals surface area contributed by atoms with E-state index in [9.17, 15) is 9.59 Å². The third kappa shape index (κ3) is 4.52. The number of carbonyl (C=O) groups excluding carboxylic acids is 2. The van der Waals surface area contributed by atoms with Crippen LogP contribution in [0.4, 0.5) is 0 Å². The van der Waals surface area contributed by atoms with Gasteiger partial charge in [0.25, 0.3) is 5.91 Å². The van der Waals surface area contributed by atoms with Gasteiger partial charge < -0.3 is 29.0 Å². The van der Waals surface area contributed by atoms with Crippen molar-refractivity contribution >= 4 is 22.8 Å². The smallest absolute Gasteiger partial charge is 0.251 e. The molecule has 1 saturated heterocycles. The summed E-state index contributed by atoms with van der Waals surface area (Å²) >= 11 is 0. The van der Waals surface area contributed by atoms with Crippen LogP contribution in [0.15, 0.2) is 42.5 Å². The maximum Gasteiger partial charge on any atom is 0.251 e. The van der Waals surface area contributed by atoms with Crippen molar-refractivity contribution in [3.63, 3.8) is 0 Å². The number of hydrogen-bond acceptors (Lipinski definition) is 6. The number of fused-ring (bicyclic) bond motifs is 1. The molecule has 168 valence electrons. The van der Waals surface area contributed by atoms with Gasteiger partial charge in [0.05, 0.1) is 45.0 Å². The molecule has 3 aromatic rings. The van der Waals surface area contributed by atoms with Crippen LogP contribution in [0.25, 0.3) is 11.0 Å². The zero-order chi connectivity index (χ0) is 22.5. The molecule has 0 aliphatic carbocycles. The molecule has 2 amide bonds. The summed E-state index contributed by atoms with van der Waals surface area (Å²) in [6.45, 7) is 2.59. The molecule has 0 spiro atoms. The minimum absolute atomic E-state index is 0.00363. The zero-order valence-corrected chi connectivity index (χ0v) is 18.2. The molecule has 9 nitrogen and oxygen atoms in total. The average Bonchev–Trinajstić information content (AvgIpc) is 3.19. The quantitative estimate of drug-likeness (QED) is 0.605. The molecule has 0 atom stereocenters. The number of hydrogen-bond donors (Lipinski definition) is 1. The van der Waals surface area contributed by atoms with Gasteiger partial charge in [0.2, 0.25) is 5.91 Å². The number of amides is 2. The van der Waals surface area contributed by atoms with Crippen molar-refractivity contribution in [3.8, 4) is 11.5 Å². The summed E-state index contributed by atoms with van der Waals surface area (Å²) in [5.74, 6) is 1.37. The number of para-hydroxylation sites is 2. The first kappa shape index (κ1) is 21.6. The predicted octanol–water partition coefficient (Wildman–Crippen LogP) is 1.84. The topological polar surface area (TPSA) is 94.9 Å². The highest BCUT2D eigenvalue weighted by molar-refractivity contribution is 5.95. The van der Waals surface area contributed by atoms with E-state index in [1.165, 1.54) is 7.11 Å². The molecule has 0 saturated carbocycles. The Morgan fingerprint density at radius 2 is 1.81 bits per heavy atom. The summed E-state index contributed by atoms with van der Waals surface area (Å²) in [5, 5.41) is 2.89. The Kier molecular flexibility index (Phi) is 6.55. The van der Waals surface area contributed by atoms with Gasteiger partial charge in [0.1, 0.15) is 12.4 Å². The third-order valence-corrected chi connectivity index (χ3v) is 5.44. The first-order valence-electron chi connectivity index (χ1n) is 10.4. The van der Waals surface area contributed by atoms with E-state index in [4.69, 9.17) is 14.2 Å². The van der Waals surface area contributed by atoms with Crippen molar-refractivity contribution in [1.82, 2.24) is 19.8 Å². The van der Waals surface area contributed by atoms with Gasteiger partial charge in [-0.1, -0.05) is 12.1 Å². The molecular formula is C23H26N4O5. The Hall–Kier alpha value is -3.59. The largest absolute Gasteiger partial charge is 0.493 e. The first-order valence-corrected chi connectivity index (χ1v) is 10.4. The van der Waals surface area contributed by atoms with Crippen LogP contribution in [0.5, 0.6) is 11.5 Å². The average molecular weight is 438 g/mol. The first-order chi connectivity index (χ1) is 15.6. The minimum Gasteiger partial charge on any atom is -0.493 e. The van der Waals surface area contributed by atoms with Crippen LogP contribution in [0.3, 0.4) is 0 Å². The van der Waals surface area contributed by atoms with E-state index < -0.39 is 0 Å². The molecule has 1 N–H and O–H groups in total. The second-order valence-electron chi connectivity index (χ2n) is 7.35. The monoisotopic (exact) mass is 438 g/mol. The number of rotatable bonds is 7. The normalized spacial score (nSPS) is 13.8. The van der Waals surface area contributed by atoms with Crippen LogP contribution in [-0.4, -0.2) is 66.8 Å². The number of carbonyl (C=O) groups is 2. The maximum atomic E-state index is 12.9. The van der Waals surface area contributed by atoms with Gasteiger partial charge in [-0.05, 0) is 30.3 Å². The lowest BCUT2D eigenvalue weighted by Gasteiger charge is -2.27. The zero-order valence-electron chi connectivity index (χ0n) is 18.2. The fourth-order valence-electron chi connectivity index (χ4n) is 3.72. The third-order valence-electron chi connectivity index (χ3n) is 5.44. The molecule has 32 heavy (non-hydrogen) atoms. The van der Waals surface area contributed by atoms with Gasteiger partial charge in [-0.25, -0.2) is 4.98 Å². The van der Waals surface area contributed by atoms with Crippen LogP contribution < -0.4 is 14.8 Å². The van der Waals surface area contributed by atoms with Gasteiger partial charge in [0.15, 0.2) is 11.5 Å². The highest BCUT2D eigenvalue weighted by Gasteiger charge is 2.20. The van der Waals surface area contributed by atoms with Gasteiger partial charge in [-0.3, -0.25) is 9.59 Å². The summed E-state index contributed by atoms with van der Waals surface area (Å²) in [7, 11) is 3.06. The summed E-state index contributed by atoms with van der Waals surface area (Å²) in [6, 6.07) is 12.6. The number of morpholine rings is 1. The molecule has 2 aromatic carbocycles. The van der Waals surface area contributed by atoms with E-state index in [-0.39, 0.29) is 24.9 Å². The Bertz CT molecular complexity index is 1120. The highest BCUT2D eigenvalue weighted by Crippen LogP contribution is 2.27. The minimum atomic E-state index is -0.274. The fraction of sp³-hybridized carbons (Fsp3) is 0.348. The molecule has 0 bridgehead atoms. The SMILES string of the molecule is COc1ccc(C(=O)NCc2nc3ccccc3n2CC(=O)N2CCOCC2)cc1OC. The molecule has 1 aromatic heterocycles. The number of aromatic nitrogens is 2. The number of imidazole rings is 1. The van der Waals surface area contributed by atoms with Crippen molar-refractivity contribution in [2.45, 2.75) is 13.1 Å². The van der Waals surface area contributed by atoms with E-state index in [2.05, 4.69) is 10.3 Å². The van der Waals surface area contributed by atoms with Gasteiger partial charge >= 0.3 is 0 Å². The Morgan fingerprint density at radius 1 is 1.06 bits per heavy atom. The van der Waals surface area contributed by atoms with Crippen molar-refractivity contribution in [1.29, 1.82) is 0 Å². The maximum absolute atomic E-state index is 12.9. The second-order valence-corrected chi connectivity index (χ2v) is 7.35. The number of benzene rings is 2. The van der Waals surface area contributed by atoms with Gasteiger partial charge in [-0.2, -0.15) is 0 Å². The standard InChI is InChI=1S/C23H26N4O5/c1-30-19-8-7-16(13-20(19)31-2)23(29)24-14-21-25-17-5-3-4-6-18(17)27(21)15-22(28)26-9-11-32-12-10-26/h3-8,13H,9-12,14-15H2,1-2H3,(H,24,29). The summed E-state index contributed by atoms with van der Waals surface area (Å²) < 4.78 is 17.7. The molecule has 1 aliphatic heterocycles. The molecule has 9 heteroatoms. The van der Waals surface area contributed by atoms with E-state index in [1.54, 1.807) is 30.2 Å².